The second-order valence-electron chi connectivity index (χ2n) is 7.96. The molecule has 2 N–H and O–H groups in total. The summed E-state index contributed by atoms with van der Waals surface area (Å²) >= 11 is 0. The van der Waals surface area contributed by atoms with Gasteiger partial charge in [-0.05, 0) is 67.9 Å². The lowest BCUT2D eigenvalue weighted by molar-refractivity contribution is -0.122. The van der Waals surface area contributed by atoms with Crippen molar-refractivity contribution in [1.29, 1.82) is 5.26 Å². The molecule has 7 nitrogen and oxygen atoms in total. The number of ether oxygens (including phenoxy) is 2. The van der Waals surface area contributed by atoms with E-state index in [0.29, 0.717) is 36.8 Å². The lowest BCUT2D eigenvalue weighted by Crippen LogP contribution is -2.30. The van der Waals surface area contributed by atoms with Crippen molar-refractivity contribution in [2.24, 2.45) is 5.92 Å². The number of aromatic amines is 1. The van der Waals surface area contributed by atoms with Crippen LogP contribution in [0.25, 0.3) is 0 Å². The van der Waals surface area contributed by atoms with Crippen molar-refractivity contribution in [3.8, 4) is 17.6 Å². The molecule has 1 amide bonds. The number of rotatable bonds is 6. The number of amides is 1. The van der Waals surface area contributed by atoms with Crippen LogP contribution in [0.3, 0.4) is 0 Å². The summed E-state index contributed by atoms with van der Waals surface area (Å²) in [4.78, 5) is 27.4. The van der Waals surface area contributed by atoms with Gasteiger partial charge in [0, 0.05) is 12.1 Å². The van der Waals surface area contributed by atoms with Crippen LogP contribution < -0.4 is 20.3 Å². The minimum absolute atomic E-state index is 0.0507. The Balaban J connectivity index is 1.47. The van der Waals surface area contributed by atoms with E-state index >= 15 is 0 Å². The molecule has 1 aromatic carbocycles. The first-order valence-corrected chi connectivity index (χ1v) is 10.3. The van der Waals surface area contributed by atoms with Crippen molar-refractivity contribution in [2.75, 3.05) is 13.2 Å². The fourth-order valence-electron chi connectivity index (χ4n) is 4.06. The van der Waals surface area contributed by atoms with Gasteiger partial charge in [-0.2, -0.15) is 5.26 Å². The quantitative estimate of drug-likeness (QED) is 0.766. The molecule has 1 aliphatic heterocycles. The number of H-pyrrole nitrogens is 1. The molecule has 1 aliphatic carbocycles. The molecule has 2 heterocycles. The molecule has 1 atom stereocenters. The number of hydrogen-bond acceptors (Lipinski definition) is 5. The zero-order valence-corrected chi connectivity index (χ0v) is 17.2. The standard InChI is InChI=1S/C23H25N3O4/c1-13-17(14(2)25-23(28)18(13)12-24)6-8-21(27)26-22(15-3-4-15)16-5-7-19-20(11-16)30-10-9-29-19/h5,7,11,15,22H,3-4,6,8-10H2,1-2H3,(H,25,28)(H,26,27). The Morgan fingerprint density at radius 3 is 2.70 bits per heavy atom. The van der Waals surface area contributed by atoms with Crippen molar-refractivity contribution >= 4 is 5.91 Å². The van der Waals surface area contributed by atoms with Crippen LogP contribution in [0.4, 0.5) is 0 Å². The molecule has 0 radical (unpaired) electrons. The van der Waals surface area contributed by atoms with Gasteiger partial charge in [0.2, 0.25) is 5.91 Å². The van der Waals surface area contributed by atoms with Gasteiger partial charge in [0.1, 0.15) is 24.8 Å². The highest BCUT2D eigenvalue weighted by Crippen LogP contribution is 2.43. The number of nitrogens with one attached hydrogen (secondary N) is 2. The van der Waals surface area contributed by atoms with Crippen LogP contribution in [-0.4, -0.2) is 24.1 Å². The topological polar surface area (TPSA) is 104 Å². The van der Waals surface area contributed by atoms with E-state index in [1.165, 1.54) is 0 Å². The maximum atomic E-state index is 12.8. The number of nitrogens with zero attached hydrogens (tertiary/aromatic N) is 1. The predicted molar refractivity (Wildman–Crippen MR) is 111 cm³/mol. The molecular formula is C23H25N3O4. The Bertz CT molecular complexity index is 1080. The molecule has 7 heteroatoms. The van der Waals surface area contributed by atoms with Crippen molar-refractivity contribution in [3.63, 3.8) is 0 Å². The van der Waals surface area contributed by atoms with E-state index in [1.54, 1.807) is 13.8 Å². The third-order valence-corrected chi connectivity index (χ3v) is 5.86. The molecule has 0 bridgehead atoms. The van der Waals surface area contributed by atoms with E-state index in [2.05, 4.69) is 10.3 Å². The van der Waals surface area contributed by atoms with Crippen LogP contribution >= 0.6 is 0 Å². The smallest absolute Gasteiger partial charge is 0.266 e. The summed E-state index contributed by atoms with van der Waals surface area (Å²) in [5.74, 6) is 1.84. The molecule has 1 unspecified atom stereocenters. The SMILES string of the molecule is Cc1[nH]c(=O)c(C#N)c(C)c1CCC(=O)NC(c1ccc2c(c1)OCCO2)C1CC1. The Hall–Kier alpha value is -3.27. The van der Waals surface area contributed by atoms with E-state index in [1.807, 2.05) is 24.3 Å². The molecule has 30 heavy (non-hydrogen) atoms. The fraction of sp³-hybridized carbons (Fsp3) is 0.435. The van der Waals surface area contributed by atoms with Crippen LogP contribution in [0.15, 0.2) is 23.0 Å². The number of aromatic nitrogens is 1. The number of fused-ring (bicyclic) bond motifs is 1. The van der Waals surface area contributed by atoms with Crippen LogP contribution in [0.1, 0.15) is 53.3 Å². The number of carbonyl (C=O) groups is 1. The summed E-state index contributed by atoms with van der Waals surface area (Å²) < 4.78 is 11.3. The second kappa shape index (κ2) is 8.23. The Kier molecular flexibility index (Phi) is 5.49. The Labute approximate surface area is 175 Å². The van der Waals surface area contributed by atoms with Crippen molar-refractivity contribution in [1.82, 2.24) is 10.3 Å². The van der Waals surface area contributed by atoms with Gasteiger partial charge in [-0.3, -0.25) is 9.59 Å². The average molecular weight is 407 g/mol. The van der Waals surface area contributed by atoms with Gasteiger partial charge in [-0.15, -0.1) is 0 Å². The number of carbonyl (C=O) groups excluding carboxylic acids is 1. The number of hydrogen-bond donors (Lipinski definition) is 2. The van der Waals surface area contributed by atoms with Gasteiger partial charge in [0.05, 0.1) is 6.04 Å². The maximum absolute atomic E-state index is 12.8. The highest BCUT2D eigenvalue weighted by molar-refractivity contribution is 5.77. The predicted octanol–water partition coefficient (Wildman–Crippen LogP) is 2.83. The first-order chi connectivity index (χ1) is 14.5. The van der Waals surface area contributed by atoms with Gasteiger partial charge < -0.3 is 19.8 Å². The largest absolute Gasteiger partial charge is 0.486 e. The van der Waals surface area contributed by atoms with E-state index in [-0.39, 0.29) is 29.5 Å². The molecule has 2 aromatic rings. The molecule has 0 saturated heterocycles. The van der Waals surface area contributed by atoms with Gasteiger partial charge in [0.25, 0.3) is 5.56 Å². The minimum atomic E-state index is -0.381. The molecule has 1 saturated carbocycles. The molecule has 156 valence electrons. The first-order valence-electron chi connectivity index (χ1n) is 10.3. The van der Waals surface area contributed by atoms with Crippen LogP contribution in [0, 0.1) is 31.1 Å². The van der Waals surface area contributed by atoms with E-state index in [0.717, 1.165) is 35.5 Å². The Morgan fingerprint density at radius 2 is 2.00 bits per heavy atom. The highest BCUT2D eigenvalue weighted by Gasteiger charge is 2.34. The molecule has 1 fully saturated rings. The van der Waals surface area contributed by atoms with Crippen molar-refractivity contribution < 1.29 is 14.3 Å². The summed E-state index contributed by atoms with van der Waals surface area (Å²) in [5.41, 5.74) is 2.96. The van der Waals surface area contributed by atoms with Crippen LogP contribution in [0.5, 0.6) is 11.5 Å². The van der Waals surface area contributed by atoms with Gasteiger partial charge >= 0.3 is 0 Å². The van der Waals surface area contributed by atoms with Gasteiger partial charge in [-0.1, -0.05) is 6.07 Å². The number of pyridine rings is 1. The highest BCUT2D eigenvalue weighted by atomic mass is 16.6. The lowest BCUT2D eigenvalue weighted by Gasteiger charge is -2.23. The van der Waals surface area contributed by atoms with E-state index in [9.17, 15) is 14.9 Å². The van der Waals surface area contributed by atoms with Crippen molar-refractivity contribution in [2.45, 2.75) is 45.6 Å². The summed E-state index contributed by atoms with van der Waals surface area (Å²) in [6.45, 7) is 4.63. The summed E-state index contributed by atoms with van der Waals surface area (Å²) in [7, 11) is 0. The normalized spacial score (nSPS) is 15.9. The third-order valence-electron chi connectivity index (χ3n) is 5.86. The molecule has 4 rings (SSSR count). The zero-order chi connectivity index (χ0) is 21.3. The molecule has 2 aliphatic rings. The number of aryl methyl sites for hydroxylation is 1. The van der Waals surface area contributed by atoms with Crippen LogP contribution in [0.2, 0.25) is 0 Å². The zero-order valence-electron chi connectivity index (χ0n) is 17.2. The van der Waals surface area contributed by atoms with E-state index in [4.69, 9.17) is 9.47 Å². The second-order valence-corrected chi connectivity index (χ2v) is 7.96. The third kappa shape index (κ3) is 4.04. The molecular weight excluding hydrogens is 382 g/mol. The van der Waals surface area contributed by atoms with Gasteiger partial charge in [0.15, 0.2) is 11.5 Å². The molecule has 0 spiro atoms. The van der Waals surface area contributed by atoms with Gasteiger partial charge in [-0.25, -0.2) is 0 Å². The monoisotopic (exact) mass is 407 g/mol. The fourth-order valence-corrected chi connectivity index (χ4v) is 4.06. The Morgan fingerprint density at radius 1 is 1.27 bits per heavy atom. The number of benzene rings is 1. The summed E-state index contributed by atoms with van der Waals surface area (Å²) in [6.07, 6.45) is 2.92. The average Bonchev–Trinajstić information content (AvgIpc) is 3.57. The first kappa shape index (κ1) is 20.0. The summed E-state index contributed by atoms with van der Waals surface area (Å²) in [6, 6.07) is 7.76. The number of nitriles is 1. The maximum Gasteiger partial charge on any atom is 0.266 e. The van der Waals surface area contributed by atoms with Crippen molar-refractivity contribution in [3.05, 3.63) is 56.5 Å². The molecule has 1 aromatic heterocycles. The van der Waals surface area contributed by atoms with Crippen LogP contribution in [-0.2, 0) is 11.2 Å². The van der Waals surface area contributed by atoms with E-state index < -0.39 is 0 Å². The minimum Gasteiger partial charge on any atom is -0.486 e. The summed E-state index contributed by atoms with van der Waals surface area (Å²) in [5, 5.41) is 12.4. The lowest BCUT2D eigenvalue weighted by atomic mass is 9.98.